The molecule has 2 saturated heterocycles. The third-order valence-corrected chi connectivity index (χ3v) is 9.01. The van der Waals surface area contributed by atoms with Gasteiger partial charge in [0, 0.05) is 12.1 Å². The molecule has 19 nitrogen and oxygen atoms in total. The number of nitrogen functional groups attached to an aromatic ring is 1. The van der Waals surface area contributed by atoms with Gasteiger partial charge in [-0.15, -0.1) is 0 Å². The number of imidazole rings is 1. The molecule has 3 fully saturated rings. The Bertz CT molecular complexity index is 1610. The van der Waals surface area contributed by atoms with Crippen LogP contribution in [0.15, 0.2) is 29.7 Å². The van der Waals surface area contributed by atoms with E-state index in [0.717, 1.165) is 10.9 Å². The first-order chi connectivity index (χ1) is 19.9. The lowest BCUT2D eigenvalue weighted by molar-refractivity contribution is -0.0580. The second kappa shape index (κ2) is 11.0. The van der Waals surface area contributed by atoms with Gasteiger partial charge < -0.3 is 30.7 Å². The van der Waals surface area contributed by atoms with Crippen LogP contribution in [-0.2, 0) is 32.0 Å². The number of hydrogen-bond acceptors (Lipinski definition) is 15. The molecule has 42 heavy (non-hydrogen) atoms. The predicted octanol–water partition coefficient (Wildman–Crippen LogP) is -0.393. The molecule has 22 heteroatoms. The van der Waals surface area contributed by atoms with Crippen molar-refractivity contribution in [3.63, 3.8) is 0 Å². The molecule has 2 bridgehead atoms. The molecule has 228 valence electrons. The van der Waals surface area contributed by atoms with Crippen molar-refractivity contribution in [2.45, 2.75) is 49.3 Å². The van der Waals surface area contributed by atoms with Gasteiger partial charge in [-0.2, -0.15) is 4.98 Å². The summed E-state index contributed by atoms with van der Waals surface area (Å²) in [6.07, 6.45) is -6.15. The second-order valence-electron chi connectivity index (χ2n) is 9.79. The molecule has 2 aliphatic heterocycles. The van der Waals surface area contributed by atoms with Crippen LogP contribution in [0.4, 0.5) is 16.2 Å². The Kier molecular flexibility index (Phi) is 7.63. The number of aliphatic hydroxyl groups is 1. The summed E-state index contributed by atoms with van der Waals surface area (Å²) in [7, 11) is -10.0. The Morgan fingerprint density at radius 2 is 1.88 bits per heavy atom. The second-order valence-corrected chi connectivity index (χ2v) is 12.6. The van der Waals surface area contributed by atoms with E-state index in [1.165, 1.54) is 18.6 Å². The van der Waals surface area contributed by atoms with Gasteiger partial charge in [-0.3, -0.25) is 32.4 Å². The van der Waals surface area contributed by atoms with E-state index in [2.05, 4.69) is 30.2 Å². The van der Waals surface area contributed by atoms with Crippen molar-refractivity contribution in [1.29, 1.82) is 0 Å². The quantitative estimate of drug-likeness (QED) is 0.200. The van der Waals surface area contributed by atoms with Crippen LogP contribution in [0.3, 0.4) is 0 Å². The fraction of sp³-hybridized carbons (Fsp3) is 0.550. The number of fused-ring (bicyclic) bond motifs is 4. The molecule has 3 aromatic heterocycles. The molecule has 3 aromatic rings. The fourth-order valence-corrected chi connectivity index (χ4v) is 7.11. The van der Waals surface area contributed by atoms with Crippen LogP contribution in [0.1, 0.15) is 12.6 Å². The summed E-state index contributed by atoms with van der Waals surface area (Å²) >= 11 is 0. The highest BCUT2D eigenvalue weighted by Gasteiger charge is 2.53. The third kappa shape index (κ3) is 5.70. The number of aromatic nitrogens is 6. The van der Waals surface area contributed by atoms with Gasteiger partial charge in [0.25, 0.3) is 5.56 Å². The summed E-state index contributed by atoms with van der Waals surface area (Å²) in [4.78, 5) is 51.2. The van der Waals surface area contributed by atoms with Crippen LogP contribution in [-0.4, -0.2) is 94.2 Å². The van der Waals surface area contributed by atoms with Gasteiger partial charge in [0.2, 0.25) is 5.95 Å². The SMILES string of the molecule is Nc1nc2c(ncn2[C@@H]2O[C@@H]3COP(=O)(O)O[C@@H]4[C@@H](COP(=O)(O)O[C@@H]2[C@@H]3O)C[C@@H](Nc2ccncn2)[C@@H]4F)c(=O)[nH]1. The average molecular weight is 634 g/mol. The molecule has 5 heterocycles. The Morgan fingerprint density at radius 1 is 1.14 bits per heavy atom. The number of anilines is 2. The molecule has 0 spiro atoms. The minimum absolute atomic E-state index is 0.0705. The van der Waals surface area contributed by atoms with Crippen molar-refractivity contribution in [2.75, 3.05) is 24.3 Å². The molecule has 0 aromatic carbocycles. The largest absolute Gasteiger partial charge is 0.472 e. The van der Waals surface area contributed by atoms with E-state index < -0.39 is 83.2 Å². The number of H-pyrrole nitrogens is 1. The van der Waals surface area contributed by atoms with Crippen molar-refractivity contribution in [1.82, 2.24) is 29.5 Å². The summed E-state index contributed by atoms with van der Waals surface area (Å²) in [5.41, 5.74) is 4.68. The number of ether oxygens (including phenoxy) is 1. The first-order valence-electron chi connectivity index (χ1n) is 12.4. The minimum Gasteiger partial charge on any atom is -0.387 e. The molecule has 2 unspecified atom stereocenters. The molecule has 3 aliphatic rings. The Labute approximate surface area is 234 Å². The number of alkyl halides is 1. The normalized spacial score (nSPS) is 39.2. The Balaban J connectivity index is 1.29. The monoisotopic (exact) mass is 634 g/mol. The maximum atomic E-state index is 15.5. The van der Waals surface area contributed by atoms with Gasteiger partial charge in [-0.05, 0) is 12.5 Å². The fourth-order valence-electron chi connectivity index (χ4n) is 5.14. The number of aromatic amines is 1. The Morgan fingerprint density at radius 3 is 2.62 bits per heavy atom. The maximum absolute atomic E-state index is 15.5. The van der Waals surface area contributed by atoms with Crippen LogP contribution in [0.5, 0.6) is 0 Å². The van der Waals surface area contributed by atoms with Crippen LogP contribution in [0, 0.1) is 5.92 Å². The number of nitrogens with zero attached hydrogens (tertiary/aromatic N) is 5. The zero-order valence-electron chi connectivity index (χ0n) is 21.2. The zero-order valence-corrected chi connectivity index (χ0v) is 23.0. The minimum atomic E-state index is -5.02. The number of phosphoric acid groups is 2. The summed E-state index contributed by atoms with van der Waals surface area (Å²) in [6.45, 7) is -1.44. The summed E-state index contributed by atoms with van der Waals surface area (Å²) in [6, 6.07) is 0.489. The summed E-state index contributed by atoms with van der Waals surface area (Å²) < 4.78 is 69.1. The first kappa shape index (κ1) is 29.2. The molecule has 7 N–H and O–H groups in total. The molecule has 0 amide bonds. The number of halogens is 1. The smallest absolute Gasteiger partial charge is 0.387 e. The number of nitrogens with two attached hydrogens (primary N) is 1. The molecule has 10 atom stereocenters. The Hall–Kier alpha value is -2.90. The maximum Gasteiger partial charge on any atom is 0.472 e. The lowest BCUT2D eigenvalue weighted by Crippen LogP contribution is -2.35. The predicted molar refractivity (Wildman–Crippen MR) is 136 cm³/mol. The van der Waals surface area contributed by atoms with Gasteiger partial charge in [0.1, 0.15) is 42.7 Å². The van der Waals surface area contributed by atoms with Crippen molar-refractivity contribution < 1.29 is 51.2 Å². The van der Waals surface area contributed by atoms with Crippen molar-refractivity contribution >= 4 is 38.6 Å². The molecular weight excluding hydrogens is 609 g/mol. The van der Waals surface area contributed by atoms with E-state index in [-0.39, 0.29) is 29.4 Å². The zero-order chi connectivity index (χ0) is 29.8. The number of phosphoric ester groups is 2. The molecule has 0 radical (unpaired) electrons. The molecule has 1 saturated carbocycles. The highest BCUT2D eigenvalue weighted by atomic mass is 31.2. The molecular formula is C20H25FN8O11P2. The number of aliphatic hydroxyl groups excluding tert-OH is 1. The lowest BCUT2D eigenvalue weighted by atomic mass is 10.1. The topological polar surface area (TPSA) is 268 Å². The summed E-state index contributed by atoms with van der Waals surface area (Å²) in [5.74, 6) is -1.03. The number of nitrogens with one attached hydrogen (secondary N) is 2. The highest BCUT2D eigenvalue weighted by Crippen LogP contribution is 2.54. The molecule has 6 rings (SSSR count). The summed E-state index contributed by atoms with van der Waals surface area (Å²) in [5, 5.41) is 13.8. The van der Waals surface area contributed by atoms with Gasteiger partial charge in [0.05, 0.1) is 25.6 Å². The van der Waals surface area contributed by atoms with Crippen LogP contribution in [0.2, 0.25) is 0 Å². The number of hydrogen-bond donors (Lipinski definition) is 6. The average Bonchev–Trinajstić information content (AvgIpc) is 3.57. The third-order valence-electron chi connectivity index (χ3n) is 7.04. The van der Waals surface area contributed by atoms with Gasteiger partial charge in [0.15, 0.2) is 17.4 Å². The van der Waals surface area contributed by atoms with E-state index in [4.69, 9.17) is 28.6 Å². The van der Waals surface area contributed by atoms with Crippen LogP contribution < -0.4 is 16.6 Å². The van der Waals surface area contributed by atoms with E-state index >= 15 is 4.39 Å². The van der Waals surface area contributed by atoms with Gasteiger partial charge in [-0.25, -0.2) is 28.5 Å². The van der Waals surface area contributed by atoms with Crippen molar-refractivity contribution in [2.24, 2.45) is 5.92 Å². The first-order valence-corrected chi connectivity index (χ1v) is 15.4. The van der Waals surface area contributed by atoms with Crippen LogP contribution >= 0.6 is 15.6 Å². The van der Waals surface area contributed by atoms with E-state index in [0.29, 0.717) is 0 Å². The molecule has 1 aliphatic carbocycles. The van der Waals surface area contributed by atoms with Crippen LogP contribution in [0.25, 0.3) is 11.2 Å². The lowest BCUT2D eigenvalue weighted by Gasteiger charge is -2.26. The van der Waals surface area contributed by atoms with E-state index in [1.807, 2.05) is 0 Å². The van der Waals surface area contributed by atoms with E-state index in [9.17, 15) is 28.8 Å². The number of rotatable bonds is 3. The highest BCUT2D eigenvalue weighted by molar-refractivity contribution is 7.47. The standard InChI is InChI=1S/C20H25FN8O11P2/c21-12-9(26-11-1-2-23-6-24-11)3-8-4-36-41(32,33)40-16-14(30)10(5-37-42(34,35)39-15(8)12)38-19(16)29-7-25-13-17(29)27-20(22)28-18(13)31/h1-2,6-10,12,14-16,19,30H,3-5H2,(H,32,33)(H,34,35)(H,23,24,26)(H3,22,27,28,31)/t8-,9-,10-,12+,14-,15-,16-,19-/m1/s1. The van der Waals surface area contributed by atoms with Gasteiger partial charge >= 0.3 is 15.6 Å². The van der Waals surface area contributed by atoms with E-state index in [1.54, 1.807) is 0 Å². The van der Waals surface area contributed by atoms with Gasteiger partial charge in [-0.1, -0.05) is 0 Å². The van der Waals surface area contributed by atoms with Crippen molar-refractivity contribution in [3.05, 3.63) is 35.3 Å². The van der Waals surface area contributed by atoms with Crippen molar-refractivity contribution in [3.8, 4) is 0 Å².